The smallest absolute Gasteiger partial charge is 0.238 e. The number of hydrogen-bond acceptors (Lipinski definition) is 4. The van der Waals surface area contributed by atoms with Gasteiger partial charge in [0.2, 0.25) is 15.9 Å². The zero-order valence-electron chi connectivity index (χ0n) is 12.2. The number of nitrogens with one attached hydrogen (secondary N) is 2. The first-order valence-corrected chi connectivity index (χ1v) is 8.49. The molecule has 0 aliphatic carbocycles. The Kier molecular flexibility index (Phi) is 4.65. The fourth-order valence-corrected chi connectivity index (χ4v) is 3.06. The van der Waals surface area contributed by atoms with E-state index in [9.17, 15) is 13.2 Å². The molecule has 6 nitrogen and oxygen atoms in total. The van der Waals surface area contributed by atoms with Gasteiger partial charge in [-0.3, -0.25) is 4.79 Å². The van der Waals surface area contributed by atoms with Gasteiger partial charge in [0.25, 0.3) is 0 Å². The summed E-state index contributed by atoms with van der Waals surface area (Å²) < 4.78 is 22.8. The number of primary sulfonamides is 1. The average Bonchev–Trinajstić information content (AvgIpc) is 2.40. The van der Waals surface area contributed by atoms with Crippen LogP contribution in [0.25, 0.3) is 0 Å². The molecule has 2 rings (SSSR count). The Labute approximate surface area is 125 Å². The van der Waals surface area contributed by atoms with Crippen LogP contribution >= 0.6 is 0 Å². The van der Waals surface area contributed by atoms with E-state index in [1.807, 2.05) is 13.8 Å². The maximum absolute atomic E-state index is 12.3. The zero-order chi connectivity index (χ0) is 15.6. The highest BCUT2D eigenvalue weighted by Gasteiger charge is 2.25. The third-order valence-electron chi connectivity index (χ3n) is 3.79. The lowest BCUT2D eigenvalue weighted by Gasteiger charge is -2.27. The maximum Gasteiger partial charge on any atom is 0.238 e. The van der Waals surface area contributed by atoms with Gasteiger partial charge < -0.3 is 10.6 Å². The van der Waals surface area contributed by atoms with E-state index in [-0.39, 0.29) is 16.7 Å². The van der Waals surface area contributed by atoms with Gasteiger partial charge in [-0.1, -0.05) is 6.07 Å². The molecule has 1 aromatic rings. The van der Waals surface area contributed by atoms with Gasteiger partial charge in [0, 0.05) is 17.6 Å². The Bertz CT molecular complexity index is 643. The third-order valence-corrected chi connectivity index (χ3v) is 4.70. The van der Waals surface area contributed by atoms with Gasteiger partial charge in [0.1, 0.15) is 0 Å². The van der Waals surface area contributed by atoms with E-state index in [4.69, 9.17) is 5.14 Å². The Balaban J connectivity index is 2.17. The van der Waals surface area contributed by atoms with E-state index in [1.54, 1.807) is 6.07 Å². The van der Waals surface area contributed by atoms with Gasteiger partial charge in [0.05, 0.1) is 4.90 Å². The van der Waals surface area contributed by atoms with Crippen molar-refractivity contribution >= 4 is 21.6 Å². The third kappa shape index (κ3) is 4.03. The summed E-state index contributed by atoms with van der Waals surface area (Å²) in [6, 6.07) is 4.80. The first-order chi connectivity index (χ1) is 9.77. The number of rotatable bonds is 3. The number of benzene rings is 1. The van der Waals surface area contributed by atoms with Crippen molar-refractivity contribution in [2.24, 2.45) is 11.1 Å². The van der Waals surface area contributed by atoms with Gasteiger partial charge in [-0.2, -0.15) is 0 Å². The van der Waals surface area contributed by atoms with Crippen LogP contribution in [0.3, 0.4) is 0 Å². The molecule has 1 fully saturated rings. The highest BCUT2D eigenvalue weighted by Crippen LogP contribution is 2.23. The van der Waals surface area contributed by atoms with Crippen LogP contribution in [0.1, 0.15) is 25.3 Å². The number of anilines is 1. The molecule has 0 bridgehead atoms. The lowest BCUT2D eigenvalue weighted by molar-refractivity contribution is -0.120. The van der Waals surface area contributed by atoms with E-state index in [1.165, 1.54) is 12.1 Å². The summed E-state index contributed by atoms with van der Waals surface area (Å²) in [4.78, 5) is 12.3. The van der Waals surface area contributed by atoms with Crippen molar-refractivity contribution in [2.45, 2.75) is 37.6 Å². The van der Waals surface area contributed by atoms with Crippen molar-refractivity contribution in [3.8, 4) is 0 Å². The molecule has 1 heterocycles. The summed E-state index contributed by atoms with van der Waals surface area (Å²) in [5.74, 6) is -0.128. The second-order valence-corrected chi connectivity index (χ2v) is 7.15. The Hall–Kier alpha value is -1.44. The minimum atomic E-state index is -3.77. The SMILES string of the molecule is Cc1ccc(S(N)(=O)=O)cc1NC(=O)C1CCNC(C)C1. The number of carbonyl (C=O) groups is 1. The number of aryl methyl sites for hydroxylation is 1. The minimum Gasteiger partial charge on any atom is -0.326 e. The van der Waals surface area contributed by atoms with Crippen molar-refractivity contribution in [3.63, 3.8) is 0 Å². The number of piperidine rings is 1. The summed E-state index contributed by atoms with van der Waals surface area (Å²) in [6.45, 7) is 4.68. The molecule has 116 valence electrons. The second kappa shape index (κ2) is 6.13. The van der Waals surface area contributed by atoms with Gasteiger partial charge in [-0.15, -0.1) is 0 Å². The van der Waals surface area contributed by atoms with Crippen LogP contribution in [0.2, 0.25) is 0 Å². The van der Waals surface area contributed by atoms with Crippen molar-refractivity contribution in [1.29, 1.82) is 0 Å². The summed E-state index contributed by atoms with van der Waals surface area (Å²) in [5.41, 5.74) is 1.30. The maximum atomic E-state index is 12.3. The summed E-state index contributed by atoms with van der Waals surface area (Å²) >= 11 is 0. The Morgan fingerprint density at radius 3 is 2.76 bits per heavy atom. The van der Waals surface area contributed by atoms with Crippen molar-refractivity contribution in [1.82, 2.24) is 5.32 Å². The normalized spacial score (nSPS) is 22.8. The average molecular weight is 311 g/mol. The minimum absolute atomic E-state index is 0.00192. The molecular weight excluding hydrogens is 290 g/mol. The molecule has 0 spiro atoms. The van der Waals surface area contributed by atoms with Crippen LogP contribution < -0.4 is 15.8 Å². The molecule has 0 aromatic heterocycles. The van der Waals surface area contributed by atoms with Gasteiger partial charge in [-0.05, 0) is 50.9 Å². The van der Waals surface area contributed by atoms with Crippen molar-refractivity contribution in [2.75, 3.05) is 11.9 Å². The number of carbonyl (C=O) groups excluding carboxylic acids is 1. The predicted octanol–water partition coefficient (Wildman–Crippen LogP) is 0.969. The zero-order valence-corrected chi connectivity index (χ0v) is 13.0. The van der Waals surface area contributed by atoms with E-state index in [2.05, 4.69) is 10.6 Å². The molecule has 0 saturated carbocycles. The van der Waals surface area contributed by atoms with E-state index >= 15 is 0 Å². The topological polar surface area (TPSA) is 101 Å². The molecular formula is C14H21N3O3S. The summed E-state index contributed by atoms with van der Waals surface area (Å²) in [6.07, 6.45) is 1.56. The molecule has 1 aliphatic rings. The van der Waals surface area contributed by atoms with E-state index < -0.39 is 10.0 Å². The van der Waals surface area contributed by atoms with Crippen LogP contribution in [0.4, 0.5) is 5.69 Å². The van der Waals surface area contributed by atoms with E-state index in [0.29, 0.717) is 11.7 Å². The fourth-order valence-electron chi connectivity index (χ4n) is 2.52. The number of amides is 1. The van der Waals surface area contributed by atoms with Crippen molar-refractivity contribution in [3.05, 3.63) is 23.8 Å². The molecule has 21 heavy (non-hydrogen) atoms. The van der Waals surface area contributed by atoms with E-state index in [0.717, 1.165) is 24.9 Å². The highest BCUT2D eigenvalue weighted by atomic mass is 32.2. The van der Waals surface area contributed by atoms with Gasteiger partial charge >= 0.3 is 0 Å². The lowest BCUT2D eigenvalue weighted by Crippen LogP contribution is -2.40. The lowest BCUT2D eigenvalue weighted by atomic mass is 9.92. The molecule has 2 unspecified atom stereocenters. The first-order valence-electron chi connectivity index (χ1n) is 6.95. The predicted molar refractivity (Wildman–Crippen MR) is 81.4 cm³/mol. The molecule has 7 heteroatoms. The van der Waals surface area contributed by atoms with Crippen LogP contribution in [0, 0.1) is 12.8 Å². The Morgan fingerprint density at radius 1 is 1.43 bits per heavy atom. The van der Waals surface area contributed by atoms with Crippen LogP contribution in [0.15, 0.2) is 23.1 Å². The molecule has 0 radical (unpaired) electrons. The number of sulfonamides is 1. The summed E-state index contributed by atoms with van der Waals surface area (Å²) in [5, 5.41) is 11.2. The summed E-state index contributed by atoms with van der Waals surface area (Å²) in [7, 11) is -3.77. The highest BCUT2D eigenvalue weighted by molar-refractivity contribution is 7.89. The van der Waals surface area contributed by atoms with Crippen LogP contribution in [0.5, 0.6) is 0 Å². The Morgan fingerprint density at radius 2 is 2.14 bits per heavy atom. The van der Waals surface area contributed by atoms with Crippen LogP contribution in [-0.4, -0.2) is 26.9 Å². The van der Waals surface area contributed by atoms with Gasteiger partial charge in [-0.25, -0.2) is 13.6 Å². The molecule has 4 N–H and O–H groups in total. The quantitative estimate of drug-likeness (QED) is 0.774. The molecule has 1 saturated heterocycles. The standard InChI is InChI=1S/C14H21N3O3S/c1-9-3-4-12(21(15,19)20)8-13(9)17-14(18)11-5-6-16-10(2)7-11/h3-4,8,10-11,16H,5-7H2,1-2H3,(H,17,18)(H2,15,19,20). The van der Waals surface area contributed by atoms with Gasteiger partial charge in [0.15, 0.2) is 0 Å². The molecule has 2 atom stereocenters. The first kappa shape index (κ1) is 15.9. The molecule has 1 amide bonds. The molecule has 1 aromatic carbocycles. The number of nitrogens with two attached hydrogens (primary N) is 1. The van der Waals surface area contributed by atoms with Crippen molar-refractivity contribution < 1.29 is 13.2 Å². The second-order valence-electron chi connectivity index (χ2n) is 5.59. The number of hydrogen-bond donors (Lipinski definition) is 3. The van der Waals surface area contributed by atoms with Crippen LogP contribution in [-0.2, 0) is 14.8 Å². The monoisotopic (exact) mass is 311 g/mol. The largest absolute Gasteiger partial charge is 0.326 e. The molecule has 1 aliphatic heterocycles. The fraction of sp³-hybridized carbons (Fsp3) is 0.500.